The van der Waals surface area contributed by atoms with Gasteiger partial charge in [0.2, 0.25) is 0 Å². The molecule has 0 aromatic heterocycles. The van der Waals surface area contributed by atoms with E-state index in [0.717, 1.165) is 24.9 Å². The topological polar surface area (TPSA) is 40.6 Å². The van der Waals surface area contributed by atoms with E-state index in [4.69, 9.17) is 0 Å². The van der Waals surface area contributed by atoms with Crippen LogP contribution in [-0.2, 0) is 16.1 Å². The molecule has 5 heteroatoms. The van der Waals surface area contributed by atoms with Crippen LogP contribution >= 0.6 is 0 Å². The van der Waals surface area contributed by atoms with E-state index in [1.54, 1.807) is 6.07 Å². The summed E-state index contributed by atoms with van der Waals surface area (Å²) in [5.41, 5.74) is 0.862. The number of hydrazine groups is 1. The highest BCUT2D eigenvalue weighted by atomic mass is 19.1. The van der Waals surface area contributed by atoms with E-state index in [0.29, 0.717) is 12.8 Å². The molecule has 108 valence electrons. The molecule has 0 saturated carbocycles. The van der Waals surface area contributed by atoms with Gasteiger partial charge in [-0.3, -0.25) is 4.79 Å². The van der Waals surface area contributed by atoms with E-state index >= 15 is 0 Å². The second-order valence-corrected chi connectivity index (χ2v) is 5.10. The third kappa shape index (κ3) is 3.49. The molecule has 0 radical (unpaired) electrons. The fourth-order valence-corrected chi connectivity index (χ4v) is 2.70. The minimum atomic E-state index is -0.258. The van der Waals surface area contributed by atoms with Crippen molar-refractivity contribution >= 4 is 12.1 Å². The van der Waals surface area contributed by atoms with Crippen molar-refractivity contribution in [3.8, 4) is 0 Å². The molecule has 4 nitrogen and oxygen atoms in total. The first-order valence-corrected chi connectivity index (χ1v) is 6.80. The maximum Gasteiger partial charge on any atom is 0.158 e. The van der Waals surface area contributed by atoms with E-state index in [9.17, 15) is 14.0 Å². The van der Waals surface area contributed by atoms with Crippen molar-refractivity contribution in [2.24, 2.45) is 0 Å². The molecule has 1 aromatic carbocycles. The van der Waals surface area contributed by atoms with Gasteiger partial charge in [-0.05, 0) is 30.5 Å². The summed E-state index contributed by atoms with van der Waals surface area (Å²) < 4.78 is 13.2. The Morgan fingerprint density at radius 1 is 1.55 bits per heavy atom. The van der Waals surface area contributed by atoms with Crippen molar-refractivity contribution in [1.29, 1.82) is 0 Å². The highest BCUT2D eigenvalue weighted by Crippen LogP contribution is 2.21. The monoisotopic (exact) mass is 278 g/mol. The first kappa shape index (κ1) is 14.8. The number of carbonyl (C=O) groups is 2. The lowest BCUT2D eigenvalue weighted by atomic mass is 10.1. The summed E-state index contributed by atoms with van der Waals surface area (Å²) in [7, 11) is 1.89. The van der Waals surface area contributed by atoms with Gasteiger partial charge in [0.05, 0.1) is 12.5 Å². The quantitative estimate of drug-likeness (QED) is 0.587. The molecular formula is C15H19FN2O2. The van der Waals surface area contributed by atoms with Gasteiger partial charge in [0.1, 0.15) is 12.1 Å². The number of Topliss-reactive ketones (excluding diaryl/α,β-unsaturated/α-hetero) is 1. The fourth-order valence-electron chi connectivity index (χ4n) is 2.70. The van der Waals surface area contributed by atoms with E-state index in [1.807, 2.05) is 23.1 Å². The van der Waals surface area contributed by atoms with Gasteiger partial charge in [0.15, 0.2) is 5.78 Å². The Morgan fingerprint density at radius 2 is 2.35 bits per heavy atom. The van der Waals surface area contributed by atoms with Gasteiger partial charge in [0.25, 0.3) is 0 Å². The molecule has 1 atom stereocenters. The van der Waals surface area contributed by atoms with E-state index < -0.39 is 0 Å². The van der Waals surface area contributed by atoms with Crippen LogP contribution < -0.4 is 0 Å². The van der Waals surface area contributed by atoms with Crippen molar-refractivity contribution in [2.75, 3.05) is 13.6 Å². The maximum atomic E-state index is 13.2. The van der Waals surface area contributed by atoms with Gasteiger partial charge >= 0.3 is 0 Å². The minimum absolute atomic E-state index is 0.0328. The van der Waals surface area contributed by atoms with Crippen LogP contribution in [0.25, 0.3) is 0 Å². The van der Waals surface area contributed by atoms with Crippen molar-refractivity contribution in [3.05, 3.63) is 35.6 Å². The fraction of sp³-hybridized carbons (Fsp3) is 0.467. The van der Waals surface area contributed by atoms with Gasteiger partial charge in [-0.1, -0.05) is 12.1 Å². The van der Waals surface area contributed by atoms with Gasteiger partial charge in [-0.15, -0.1) is 0 Å². The molecule has 20 heavy (non-hydrogen) atoms. The third-order valence-corrected chi connectivity index (χ3v) is 3.62. The van der Waals surface area contributed by atoms with Gasteiger partial charge < -0.3 is 4.79 Å². The first-order chi connectivity index (χ1) is 9.61. The van der Waals surface area contributed by atoms with Gasteiger partial charge in [0, 0.05) is 20.1 Å². The molecule has 1 aliphatic heterocycles. The van der Waals surface area contributed by atoms with Crippen LogP contribution in [0.1, 0.15) is 24.8 Å². The second-order valence-electron chi connectivity index (χ2n) is 5.10. The Hall–Kier alpha value is -1.59. The molecule has 0 aliphatic carbocycles. The molecule has 0 spiro atoms. The largest absolute Gasteiger partial charge is 0.303 e. The van der Waals surface area contributed by atoms with Crippen LogP contribution in [0.5, 0.6) is 0 Å². The molecule has 1 fully saturated rings. The lowest BCUT2D eigenvalue weighted by Gasteiger charge is -2.32. The Bertz CT molecular complexity index is 493. The summed E-state index contributed by atoms with van der Waals surface area (Å²) in [6.45, 7) is 1.34. The summed E-state index contributed by atoms with van der Waals surface area (Å²) in [5.74, 6) is -0.297. The maximum absolute atomic E-state index is 13.2. The first-order valence-electron chi connectivity index (χ1n) is 6.80. The van der Waals surface area contributed by atoms with Crippen molar-refractivity contribution in [3.63, 3.8) is 0 Å². The minimum Gasteiger partial charge on any atom is -0.303 e. The average Bonchev–Trinajstić information content (AvgIpc) is 2.88. The van der Waals surface area contributed by atoms with Crippen LogP contribution in [0, 0.1) is 5.82 Å². The lowest BCUT2D eigenvalue weighted by molar-refractivity contribution is -0.131. The smallest absolute Gasteiger partial charge is 0.158 e. The zero-order valence-corrected chi connectivity index (χ0v) is 11.6. The predicted molar refractivity (Wildman–Crippen MR) is 73.3 cm³/mol. The van der Waals surface area contributed by atoms with E-state index in [1.165, 1.54) is 12.1 Å². The third-order valence-electron chi connectivity index (χ3n) is 3.62. The van der Waals surface area contributed by atoms with Crippen molar-refractivity contribution in [1.82, 2.24) is 10.0 Å². The van der Waals surface area contributed by atoms with Crippen LogP contribution in [0.3, 0.4) is 0 Å². The molecule has 1 saturated heterocycles. The number of nitrogens with zero attached hydrogens (tertiary/aromatic N) is 2. The number of ketones is 1. The van der Waals surface area contributed by atoms with E-state index in [2.05, 4.69) is 0 Å². The highest BCUT2D eigenvalue weighted by molar-refractivity contribution is 5.93. The normalized spacial score (nSPS) is 19.4. The molecule has 0 bridgehead atoms. The Labute approximate surface area is 118 Å². The number of hydrogen-bond acceptors (Lipinski definition) is 4. The van der Waals surface area contributed by atoms with Crippen LogP contribution in [0.2, 0.25) is 0 Å². The number of benzene rings is 1. The number of carbonyl (C=O) groups excluding carboxylic acids is 2. The summed E-state index contributed by atoms with van der Waals surface area (Å²) in [6.07, 6.45) is 2.34. The zero-order chi connectivity index (χ0) is 14.5. The van der Waals surface area contributed by atoms with Crippen LogP contribution in [0.4, 0.5) is 4.39 Å². The number of hydrogen-bond donors (Lipinski definition) is 0. The molecule has 0 amide bonds. The number of rotatable bonds is 6. The Kier molecular flexibility index (Phi) is 4.98. The molecule has 0 N–H and O–H groups in total. The molecule has 1 heterocycles. The average molecular weight is 278 g/mol. The molecule has 1 aliphatic rings. The standard InChI is InChI=1S/C15H19FN2O2/c1-17(11-12-4-2-5-13(16)10-12)18-8-3-6-14(18)15(20)7-9-19/h2,4-5,9-10,14H,3,6-8,11H2,1H3. The second kappa shape index (κ2) is 6.72. The SMILES string of the molecule is CN(Cc1cccc(F)c1)N1CCCC1C(=O)CC=O. The van der Waals surface area contributed by atoms with Gasteiger partial charge in [-0.25, -0.2) is 14.4 Å². The molecular weight excluding hydrogens is 259 g/mol. The lowest BCUT2D eigenvalue weighted by Crippen LogP contribution is -2.46. The van der Waals surface area contributed by atoms with Gasteiger partial charge in [-0.2, -0.15) is 0 Å². The van der Waals surface area contributed by atoms with E-state index in [-0.39, 0.29) is 24.1 Å². The molecule has 2 rings (SSSR count). The number of aldehydes is 1. The summed E-state index contributed by atoms with van der Waals surface area (Å²) in [6, 6.07) is 6.22. The predicted octanol–water partition coefficient (Wildman–Crippen LogP) is 1.79. The van der Waals surface area contributed by atoms with Crippen LogP contribution in [-0.4, -0.2) is 41.7 Å². The van der Waals surface area contributed by atoms with Crippen LogP contribution in [0.15, 0.2) is 24.3 Å². The summed E-state index contributed by atoms with van der Waals surface area (Å²) in [5, 5.41) is 3.92. The highest BCUT2D eigenvalue weighted by Gasteiger charge is 2.32. The van der Waals surface area contributed by atoms with Crippen molar-refractivity contribution < 1.29 is 14.0 Å². The summed E-state index contributed by atoms with van der Waals surface area (Å²) in [4.78, 5) is 22.4. The Balaban J connectivity index is 2.02. The number of halogens is 1. The molecule has 1 unspecified atom stereocenters. The zero-order valence-electron chi connectivity index (χ0n) is 11.6. The van der Waals surface area contributed by atoms with Crippen molar-refractivity contribution in [2.45, 2.75) is 31.8 Å². The Morgan fingerprint density at radius 3 is 3.05 bits per heavy atom. The molecule has 1 aromatic rings. The summed E-state index contributed by atoms with van der Waals surface area (Å²) >= 11 is 0.